The van der Waals surface area contributed by atoms with E-state index >= 15 is 0 Å². The zero-order valence-electron chi connectivity index (χ0n) is 15.5. The maximum Gasteiger partial charge on any atom is 0.251 e. The fraction of sp³-hybridized carbons (Fsp3) is 0.200. The van der Waals surface area contributed by atoms with Crippen molar-refractivity contribution in [2.24, 2.45) is 0 Å². The summed E-state index contributed by atoms with van der Waals surface area (Å²) in [4.78, 5) is 28.1. The predicted octanol–water partition coefficient (Wildman–Crippen LogP) is 2.09. The summed E-state index contributed by atoms with van der Waals surface area (Å²) in [5.74, 6) is 0.434. The molecule has 0 fully saturated rings. The summed E-state index contributed by atoms with van der Waals surface area (Å²) in [5.41, 5.74) is 1.51. The quantitative estimate of drug-likeness (QED) is 0.625. The van der Waals surface area contributed by atoms with Crippen LogP contribution in [0, 0.1) is 0 Å². The van der Waals surface area contributed by atoms with E-state index in [2.05, 4.69) is 20.7 Å². The summed E-state index contributed by atoms with van der Waals surface area (Å²) < 4.78 is 7.05. The van der Waals surface area contributed by atoms with E-state index in [1.165, 1.54) is 0 Å². The molecule has 0 unspecified atom stereocenters. The Kier molecular flexibility index (Phi) is 6.35. The van der Waals surface area contributed by atoms with Crippen LogP contribution in [0.4, 0.5) is 5.82 Å². The fourth-order valence-corrected chi connectivity index (χ4v) is 2.51. The van der Waals surface area contributed by atoms with E-state index in [0.29, 0.717) is 30.3 Å². The summed E-state index contributed by atoms with van der Waals surface area (Å²) in [6.07, 6.45) is 5.21. The molecule has 8 nitrogen and oxygen atoms in total. The van der Waals surface area contributed by atoms with Crippen LogP contribution in [0.15, 0.2) is 61.1 Å². The molecular formula is C20H21N5O3. The van der Waals surface area contributed by atoms with E-state index in [-0.39, 0.29) is 18.4 Å². The summed E-state index contributed by atoms with van der Waals surface area (Å²) in [7, 11) is 0. The first-order chi connectivity index (χ1) is 13.6. The number of amides is 2. The van der Waals surface area contributed by atoms with Crippen LogP contribution >= 0.6 is 0 Å². The fourth-order valence-electron chi connectivity index (χ4n) is 2.51. The average Bonchev–Trinajstić information content (AvgIpc) is 3.14. The van der Waals surface area contributed by atoms with Gasteiger partial charge in [0.25, 0.3) is 5.91 Å². The van der Waals surface area contributed by atoms with Gasteiger partial charge < -0.3 is 15.4 Å². The molecule has 0 atom stereocenters. The molecule has 2 N–H and O–H groups in total. The number of anilines is 1. The Morgan fingerprint density at radius 3 is 2.54 bits per heavy atom. The summed E-state index contributed by atoms with van der Waals surface area (Å²) in [6, 6.07) is 12.2. The Balaban J connectivity index is 1.47. The van der Waals surface area contributed by atoms with Crippen LogP contribution in [0.1, 0.15) is 22.8 Å². The molecule has 8 heteroatoms. The molecule has 0 saturated heterocycles. The minimum absolute atomic E-state index is 0.150. The zero-order valence-corrected chi connectivity index (χ0v) is 15.5. The molecule has 0 radical (unpaired) electrons. The van der Waals surface area contributed by atoms with Gasteiger partial charge in [-0.05, 0) is 48.9 Å². The molecule has 0 spiro atoms. The minimum atomic E-state index is -0.353. The van der Waals surface area contributed by atoms with Crippen LogP contribution in [0.5, 0.6) is 5.75 Å². The van der Waals surface area contributed by atoms with Crippen molar-refractivity contribution >= 4 is 17.6 Å². The largest absolute Gasteiger partial charge is 0.494 e. The van der Waals surface area contributed by atoms with Crippen molar-refractivity contribution in [1.82, 2.24) is 20.1 Å². The first kappa shape index (κ1) is 19.1. The minimum Gasteiger partial charge on any atom is -0.494 e. The van der Waals surface area contributed by atoms with Gasteiger partial charge in [-0.2, -0.15) is 5.10 Å². The standard InChI is InChI=1S/C20H21N5O3/c1-2-28-17-5-3-16(4-6-17)20(27)22-13-19(26)23-18-9-12-25(24-18)14-15-7-10-21-11-8-15/h3-12H,2,13-14H2,1H3,(H,22,27)(H,23,24,26). The van der Waals surface area contributed by atoms with Gasteiger partial charge in [0.15, 0.2) is 5.82 Å². The molecule has 2 heterocycles. The molecule has 144 valence electrons. The molecule has 28 heavy (non-hydrogen) atoms. The van der Waals surface area contributed by atoms with Gasteiger partial charge in [0.1, 0.15) is 5.75 Å². The molecular weight excluding hydrogens is 358 g/mol. The number of ether oxygens (including phenoxy) is 1. The Morgan fingerprint density at radius 2 is 1.82 bits per heavy atom. The van der Waals surface area contributed by atoms with Crippen molar-refractivity contribution in [3.8, 4) is 5.75 Å². The molecule has 0 aliphatic carbocycles. The second kappa shape index (κ2) is 9.31. The highest BCUT2D eigenvalue weighted by molar-refractivity contribution is 5.99. The summed E-state index contributed by atoms with van der Waals surface area (Å²) in [5, 5.41) is 9.54. The summed E-state index contributed by atoms with van der Waals surface area (Å²) >= 11 is 0. The molecule has 0 aliphatic heterocycles. The van der Waals surface area contributed by atoms with E-state index < -0.39 is 0 Å². The first-order valence-corrected chi connectivity index (χ1v) is 8.87. The lowest BCUT2D eigenvalue weighted by Gasteiger charge is -2.07. The van der Waals surface area contributed by atoms with Gasteiger partial charge in [-0.3, -0.25) is 19.3 Å². The topological polar surface area (TPSA) is 98.1 Å². The molecule has 2 amide bonds. The first-order valence-electron chi connectivity index (χ1n) is 8.87. The SMILES string of the molecule is CCOc1ccc(C(=O)NCC(=O)Nc2ccn(Cc3ccncc3)n2)cc1. The van der Waals surface area contributed by atoms with Gasteiger partial charge in [-0.1, -0.05) is 0 Å². The highest BCUT2D eigenvalue weighted by Crippen LogP contribution is 2.12. The average molecular weight is 379 g/mol. The van der Waals surface area contributed by atoms with Gasteiger partial charge in [0, 0.05) is 30.2 Å². The van der Waals surface area contributed by atoms with Crippen LogP contribution in [-0.2, 0) is 11.3 Å². The van der Waals surface area contributed by atoms with Crippen molar-refractivity contribution in [2.45, 2.75) is 13.5 Å². The van der Waals surface area contributed by atoms with E-state index in [0.717, 1.165) is 5.56 Å². The number of hydrogen-bond donors (Lipinski definition) is 2. The molecule has 0 bridgehead atoms. The Labute approximate surface area is 162 Å². The maximum absolute atomic E-state index is 12.1. The number of rotatable bonds is 8. The van der Waals surface area contributed by atoms with Crippen LogP contribution in [0.2, 0.25) is 0 Å². The van der Waals surface area contributed by atoms with Crippen molar-refractivity contribution in [2.75, 3.05) is 18.5 Å². The Morgan fingerprint density at radius 1 is 1.07 bits per heavy atom. The van der Waals surface area contributed by atoms with Crippen molar-refractivity contribution in [3.05, 3.63) is 72.2 Å². The highest BCUT2D eigenvalue weighted by atomic mass is 16.5. The molecule has 0 saturated carbocycles. The van der Waals surface area contributed by atoms with Crippen LogP contribution in [0.25, 0.3) is 0 Å². The number of carbonyl (C=O) groups is 2. The van der Waals surface area contributed by atoms with Crippen molar-refractivity contribution < 1.29 is 14.3 Å². The number of aromatic nitrogens is 3. The number of pyridine rings is 1. The highest BCUT2D eigenvalue weighted by Gasteiger charge is 2.10. The molecule has 1 aromatic carbocycles. The third-order valence-electron chi connectivity index (χ3n) is 3.84. The van der Waals surface area contributed by atoms with Gasteiger partial charge >= 0.3 is 0 Å². The second-order valence-electron chi connectivity index (χ2n) is 5.94. The molecule has 3 rings (SSSR count). The normalized spacial score (nSPS) is 10.3. The smallest absolute Gasteiger partial charge is 0.251 e. The van der Waals surface area contributed by atoms with Gasteiger partial charge in [0.2, 0.25) is 5.91 Å². The lowest BCUT2D eigenvalue weighted by Crippen LogP contribution is -2.32. The predicted molar refractivity (Wildman–Crippen MR) is 104 cm³/mol. The number of hydrogen-bond acceptors (Lipinski definition) is 5. The number of carbonyl (C=O) groups excluding carboxylic acids is 2. The molecule has 3 aromatic rings. The van der Waals surface area contributed by atoms with E-state index in [9.17, 15) is 9.59 Å². The van der Waals surface area contributed by atoms with Gasteiger partial charge in [-0.15, -0.1) is 0 Å². The van der Waals surface area contributed by atoms with Crippen LogP contribution in [-0.4, -0.2) is 39.7 Å². The van der Waals surface area contributed by atoms with Crippen LogP contribution in [0.3, 0.4) is 0 Å². The summed E-state index contributed by atoms with van der Waals surface area (Å²) in [6.45, 7) is 2.88. The second-order valence-corrected chi connectivity index (χ2v) is 5.94. The van der Waals surface area contributed by atoms with Crippen molar-refractivity contribution in [1.29, 1.82) is 0 Å². The zero-order chi connectivity index (χ0) is 19.8. The van der Waals surface area contributed by atoms with Gasteiger partial charge in [0.05, 0.1) is 19.7 Å². The van der Waals surface area contributed by atoms with Gasteiger partial charge in [-0.25, -0.2) is 0 Å². The lowest BCUT2D eigenvalue weighted by atomic mass is 10.2. The third kappa shape index (κ3) is 5.41. The monoisotopic (exact) mass is 379 g/mol. The van der Waals surface area contributed by atoms with E-state index in [1.54, 1.807) is 53.6 Å². The number of nitrogens with zero attached hydrogens (tertiary/aromatic N) is 3. The van der Waals surface area contributed by atoms with E-state index in [4.69, 9.17) is 4.74 Å². The molecule has 2 aromatic heterocycles. The molecule has 0 aliphatic rings. The van der Waals surface area contributed by atoms with Crippen molar-refractivity contribution in [3.63, 3.8) is 0 Å². The maximum atomic E-state index is 12.1. The third-order valence-corrected chi connectivity index (χ3v) is 3.84. The van der Waals surface area contributed by atoms with Crippen LogP contribution < -0.4 is 15.4 Å². The Hall–Kier alpha value is -3.68. The number of benzene rings is 1. The van der Waals surface area contributed by atoms with E-state index in [1.807, 2.05) is 19.1 Å². The number of nitrogens with one attached hydrogen (secondary N) is 2. The Bertz CT molecular complexity index is 923. The lowest BCUT2D eigenvalue weighted by molar-refractivity contribution is -0.115.